The van der Waals surface area contributed by atoms with E-state index in [4.69, 9.17) is 4.74 Å². The summed E-state index contributed by atoms with van der Waals surface area (Å²) >= 11 is 1.67. The summed E-state index contributed by atoms with van der Waals surface area (Å²) in [4.78, 5) is 4.45. The van der Waals surface area contributed by atoms with Crippen molar-refractivity contribution in [3.8, 4) is 0 Å². The van der Waals surface area contributed by atoms with E-state index in [0.29, 0.717) is 19.4 Å². The third-order valence-electron chi connectivity index (χ3n) is 4.62. The minimum absolute atomic E-state index is 0.0672. The highest BCUT2D eigenvalue weighted by Gasteiger charge is 2.30. The molecule has 3 aromatic rings. The minimum atomic E-state index is -0.448. The van der Waals surface area contributed by atoms with Crippen molar-refractivity contribution in [1.82, 2.24) is 9.55 Å². The summed E-state index contributed by atoms with van der Waals surface area (Å²) in [5.41, 5.74) is 2.19. The van der Waals surface area contributed by atoms with Gasteiger partial charge in [0.2, 0.25) is 0 Å². The monoisotopic (exact) mass is 376 g/mol. The molecule has 132 valence electrons. The summed E-state index contributed by atoms with van der Waals surface area (Å²) in [5, 5.41) is 21.8. The van der Waals surface area contributed by atoms with Gasteiger partial charge >= 0.3 is 0 Å². The molecule has 5 nitrogen and oxygen atoms in total. The highest BCUT2D eigenvalue weighted by molar-refractivity contribution is 7.43. The number of benzene rings is 1. The van der Waals surface area contributed by atoms with Crippen molar-refractivity contribution in [1.29, 1.82) is 0 Å². The Balaban J connectivity index is 1.71. The van der Waals surface area contributed by atoms with Gasteiger partial charge in [0, 0.05) is 46.3 Å². The lowest BCUT2D eigenvalue weighted by atomic mass is 9.96. The van der Waals surface area contributed by atoms with Crippen LogP contribution in [0, 0.1) is 0 Å². The van der Waals surface area contributed by atoms with E-state index in [1.807, 2.05) is 18.3 Å². The molecule has 1 aromatic carbocycles. The molecule has 2 N–H and O–H groups in total. The number of thiazole rings is 1. The van der Waals surface area contributed by atoms with Crippen LogP contribution < -0.4 is 4.62 Å². The molecule has 1 aliphatic heterocycles. The van der Waals surface area contributed by atoms with Crippen LogP contribution in [0.4, 0.5) is 0 Å². The lowest BCUT2D eigenvalue weighted by Crippen LogP contribution is -2.33. The molecule has 4 unspecified atom stereocenters. The van der Waals surface area contributed by atoms with Crippen LogP contribution in [-0.4, -0.2) is 38.6 Å². The number of aromatic nitrogens is 2. The predicted molar refractivity (Wildman–Crippen MR) is 102 cm³/mol. The molecular formula is C18H21N2O3PS. The molecule has 2 aromatic heterocycles. The summed E-state index contributed by atoms with van der Waals surface area (Å²) in [6, 6.07) is 8.22. The highest BCUT2D eigenvalue weighted by Crippen LogP contribution is 2.36. The molecule has 0 bridgehead atoms. The van der Waals surface area contributed by atoms with Gasteiger partial charge in [0.05, 0.1) is 31.5 Å². The molecule has 0 saturated carbocycles. The van der Waals surface area contributed by atoms with E-state index in [9.17, 15) is 10.2 Å². The lowest BCUT2D eigenvalue weighted by molar-refractivity contribution is -0.113. The fraction of sp³-hybridized carbons (Fsp3) is 0.389. The molecule has 7 heteroatoms. The average Bonchev–Trinajstić information content (AvgIpc) is 3.19. The van der Waals surface area contributed by atoms with Crippen LogP contribution in [-0.2, 0) is 11.3 Å². The van der Waals surface area contributed by atoms with Crippen LogP contribution >= 0.6 is 20.6 Å². The lowest BCUT2D eigenvalue weighted by Gasteiger charge is -2.32. The van der Waals surface area contributed by atoms with Gasteiger partial charge in [0.15, 0.2) is 0 Å². The second-order valence-electron chi connectivity index (χ2n) is 6.44. The van der Waals surface area contributed by atoms with Gasteiger partial charge in [-0.05, 0) is 6.07 Å². The van der Waals surface area contributed by atoms with Gasteiger partial charge in [-0.15, -0.1) is 11.3 Å². The van der Waals surface area contributed by atoms with Crippen molar-refractivity contribution in [3.63, 3.8) is 0 Å². The Hall–Kier alpha value is -1.30. The van der Waals surface area contributed by atoms with Crippen molar-refractivity contribution in [2.75, 3.05) is 6.61 Å². The van der Waals surface area contributed by atoms with Gasteiger partial charge < -0.3 is 19.5 Å². The van der Waals surface area contributed by atoms with Crippen LogP contribution in [0.2, 0.25) is 0 Å². The number of aliphatic hydroxyl groups is 2. The van der Waals surface area contributed by atoms with Gasteiger partial charge in [-0.2, -0.15) is 0 Å². The molecule has 1 fully saturated rings. The quantitative estimate of drug-likeness (QED) is 0.686. The number of hydrogen-bond donors (Lipinski definition) is 2. The number of para-hydroxylation sites is 1. The predicted octanol–water partition coefficient (Wildman–Crippen LogP) is 2.22. The maximum atomic E-state index is 10.2. The Morgan fingerprint density at radius 2 is 2.16 bits per heavy atom. The van der Waals surface area contributed by atoms with Gasteiger partial charge in [-0.25, -0.2) is 4.98 Å². The molecule has 0 amide bonds. The molecular weight excluding hydrogens is 355 g/mol. The van der Waals surface area contributed by atoms with Crippen molar-refractivity contribution < 1.29 is 14.9 Å². The summed E-state index contributed by atoms with van der Waals surface area (Å²) in [7, 11) is 2.68. The zero-order chi connectivity index (χ0) is 17.4. The summed E-state index contributed by atoms with van der Waals surface area (Å²) in [6.45, 7) is 0.639. The summed E-state index contributed by atoms with van der Waals surface area (Å²) in [5.74, 6) is 0. The molecule has 1 saturated heterocycles. The Bertz CT molecular complexity index is 878. The van der Waals surface area contributed by atoms with Gasteiger partial charge in [-0.1, -0.05) is 27.4 Å². The van der Waals surface area contributed by atoms with Crippen LogP contribution in [0.25, 0.3) is 10.9 Å². The number of hydrogen-bond acceptors (Lipinski definition) is 5. The van der Waals surface area contributed by atoms with E-state index in [-0.39, 0.29) is 18.8 Å². The Morgan fingerprint density at radius 1 is 1.32 bits per heavy atom. The van der Waals surface area contributed by atoms with E-state index >= 15 is 0 Å². The maximum Gasteiger partial charge on any atom is 0.113 e. The zero-order valence-electron chi connectivity index (χ0n) is 13.7. The Kier molecular flexibility index (Phi) is 4.89. The molecule has 0 spiro atoms. The molecule has 3 heterocycles. The minimum Gasteiger partial charge on any atom is -0.394 e. The largest absolute Gasteiger partial charge is 0.394 e. The molecule has 0 radical (unpaired) electrons. The van der Waals surface area contributed by atoms with Gasteiger partial charge in [0.1, 0.15) is 5.01 Å². The van der Waals surface area contributed by atoms with E-state index in [0.717, 1.165) is 26.1 Å². The second-order valence-corrected chi connectivity index (χ2v) is 8.63. The Morgan fingerprint density at radius 3 is 2.92 bits per heavy atom. The molecule has 4 rings (SSSR count). The summed E-state index contributed by atoms with van der Waals surface area (Å²) in [6.07, 6.45) is 4.04. The third kappa shape index (κ3) is 3.50. The first-order chi connectivity index (χ1) is 12.1. The molecule has 25 heavy (non-hydrogen) atoms. The van der Waals surface area contributed by atoms with E-state index in [1.54, 1.807) is 11.3 Å². The smallest absolute Gasteiger partial charge is 0.113 e. The van der Waals surface area contributed by atoms with E-state index < -0.39 is 6.10 Å². The van der Waals surface area contributed by atoms with Crippen molar-refractivity contribution >= 4 is 36.1 Å². The third-order valence-corrected chi connectivity index (χ3v) is 5.94. The van der Waals surface area contributed by atoms with Crippen LogP contribution in [0.1, 0.15) is 29.5 Å². The standard InChI is InChI=1S/C18H21N2O3PS/c21-10-12-5-11(22)6-16(23-12)14-8-20(9-17-19-7-18(24)25-17)15-4-2-1-3-13(14)15/h1-4,7-8,11-12,16,21-22H,5-6,9-10,24H2. The van der Waals surface area contributed by atoms with E-state index in [1.165, 1.54) is 0 Å². The average molecular weight is 376 g/mol. The maximum absolute atomic E-state index is 10.2. The number of rotatable bonds is 4. The normalized spacial score (nSPS) is 24.0. The SMILES string of the molecule is OCC1CC(O)CC(c2cn(Cc3ncc(P)s3)c3ccccc23)O1. The van der Waals surface area contributed by atoms with Crippen molar-refractivity contribution in [2.45, 2.75) is 37.7 Å². The van der Waals surface area contributed by atoms with Gasteiger partial charge in [-0.3, -0.25) is 0 Å². The fourth-order valence-electron chi connectivity index (χ4n) is 3.51. The number of fused-ring (bicyclic) bond motifs is 1. The van der Waals surface area contributed by atoms with Crippen LogP contribution in [0.15, 0.2) is 36.7 Å². The second kappa shape index (κ2) is 7.14. The molecule has 0 aliphatic carbocycles. The topological polar surface area (TPSA) is 67.5 Å². The molecule has 1 aliphatic rings. The number of ether oxygens (including phenoxy) is 1. The first kappa shape index (κ1) is 17.1. The first-order valence-corrected chi connectivity index (χ1v) is 9.75. The molecule has 4 atom stereocenters. The number of aliphatic hydroxyl groups excluding tert-OH is 2. The summed E-state index contributed by atoms with van der Waals surface area (Å²) < 4.78 is 9.34. The van der Waals surface area contributed by atoms with Crippen LogP contribution in [0.5, 0.6) is 0 Å². The number of nitrogens with zero attached hydrogens (tertiary/aromatic N) is 2. The van der Waals surface area contributed by atoms with E-state index in [2.05, 4.69) is 37.1 Å². The zero-order valence-corrected chi connectivity index (χ0v) is 15.7. The van der Waals surface area contributed by atoms with Crippen molar-refractivity contribution in [2.24, 2.45) is 0 Å². The van der Waals surface area contributed by atoms with Crippen LogP contribution in [0.3, 0.4) is 0 Å². The highest BCUT2D eigenvalue weighted by atomic mass is 32.1. The first-order valence-electron chi connectivity index (χ1n) is 8.36. The Labute approximate surface area is 152 Å². The van der Waals surface area contributed by atoms with Gasteiger partial charge in [0.25, 0.3) is 0 Å². The van der Waals surface area contributed by atoms with Crippen molar-refractivity contribution in [3.05, 3.63) is 47.2 Å². The fourth-order valence-corrected chi connectivity index (χ4v) is 4.68.